The Morgan fingerprint density at radius 3 is 1.08 bits per heavy atom. The van der Waals surface area contributed by atoms with Gasteiger partial charge >= 0.3 is 0 Å². The summed E-state index contributed by atoms with van der Waals surface area (Å²) >= 11 is 0. The van der Waals surface area contributed by atoms with E-state index in [0.29, 0.717) is 0 Å². The maximum atomic E-state index is 4.14. The van der Waals surface area contributed by atoms with E-state index in [2.05, 4.69) is 100 Å². The highest BCUT2D eigenvalue weighted by Crippen LogP contribution is 2.22. The molecule has 0 fully saturated rings. The van der Waals surface area contributed by atoms with Crippen molar-refractivity contribution in [2.75, 3.05) is 0 Å². The Hall–Kier alpha value is -2.22. The monoisotopic (exact) mass is 320 g/mol. The fraction of sp³-hybridized carbons (Fsp3) is 0.364. The zero-order valence-corrected chi connectivity index (χ0v) is 15.7. The molecular weight excluding hydrogens is 292 g/mol. The minimum atomic E-state index is 0.174. The highest BCUT2D eigenvalue weighted by molar-refractivity contribution is 5.82. The highest BCUT2D eigenvalue weighted by atomic mass is 15.2. The van der Waals surface area contributed by atoms with Crippen LogP contribution in [0.3, 0.4) is 0 Å². The largest absolute Gasteiger partial charge is 0.159 e. The Kier molecular flexibility index (Phi) is 5.38. The van der Waals surface area contributed by atoms with Gasteiger partial charge in [0.15, 0.2) is 0 Å². The van der Waals surface area contributed by atoms with Gasteiger partial charge in [0.25, 0.3) is 0 Å². The zero-order chi connectivity index (χ0) is 17.8. The Labute approximate surface area is 146 Å². The summed E-state index contributed by atoms with van der Waals surface area (Å²) in [4.78, 5) is 0. The van der Waals surface area contributed by atoms with Gasteiger partial charge in [0.1, 0.15) is 0 Å². The Bertz CT molecular complexity index is 641. The van der Waals surface area contributed by atoms with Crippen LogP contribution >= 0.6 is 0 Å². The van der Waals surface area contributed by atoms with Crippen LogP contribution in [-0.4, -0.2) is 12.4 Å². The first-order chi connectivity index (χ1) is 11.2. The molecule has 0 N–H and O–H groups in total. The van der Waals surface area contributed by atoms with Gasteiger partial charge in [0, 0.05) is 0 Å². The molecule has 126 valence electrons. The fourth-order valence-electron chi connectivity index (χ4n) is 2.34. The smallest absolute Gasteiger partial charge is 0.0568 e. The summed E-state index contributed by atoms with van der Waals surface area (Å²) in [7, 11) is 0. The van der Waals surface area contributed by atoms with Gasteiger partial charge in [-0.25, -0.2) is 0 Å². The molecule has 2 aromatic carbocycles. The van der Waals surface area contributed by atoms with Crippen molar-refractivity contribution in [3.8, 4) is 0 Å². The van der Waals surface area contributed by atoms with Crippen LogP contribution in [0.5, 0.6) is 0 Å². The first-order valence-electron chi connectivity index (χ1n) is 8.44. The highest BCUT2D eigenvalue weighted by Gasteiger charge is 2.13. The van der Waals surface area contributed by atoms with Crippen molar-refractivity contribution < 1.29 is 0 Å². The molecule has 2 nitrogen and oxygen atoms in total. The van der Waals surface area contributed by atoms with Crippen molar-refractivity contribution in [3.05, 3.63) is 70.8 Å². The van der Waals surface area contributed by atoms with E-state index in [1.807, 2.05) is 0 Å². The molecule has 0 heterocycles. The molecular formula is C22H28N2. The van der Waals surface area contributed by atoms with E-state index in [0.717, 1.165) is 11.1 Å². The molecule has 0 saturated heterocycles. The van der Waals surface area contributed by atoms with E-state index < -0.39 is 0 Å². The van der Waals surface area contributed by atoms with Gasteiger partial charge < -0.3 is 0 Å². The van der Waals surface area contributed by atoms with Gasteiger partial charge in [-0.1, -0.05) is 90.1 Å². The van der Waals surface area contributed by atoms with Crippen molar-refractivity contribution in [1.82, 2.24) is 0 Å². The molecule has 0 aromatic heterocycles. The summed E-state index contributed by atoms with van der Waals surface area (Å²) in [5.74, 6) is 0. The molecule has 0 aliphatic rings. The van der Waals surface area contributed by atoms with E-state index in [1.165, 1.54) is 11.1 Å². The molecule has 0 amide bonds. The van der Waals surface area contributed by atoms with Crippen LogP contribution in [-0.2, 0) is 10.8 Å². The molecule has 2 heteroatoms. The van der Waals surface area contributed by atoms with E-state index in [4.69, 9.17) is 0 Å². The average Bonchev–Trinajstić information content (AvgIpc) is 2.51. The lowest BCUT2D eigenvalue weighted by Crippen LogP contribution is -2.10. The van der Waals surface area contributed by atoms with Crippen LogP contribution in [0.2, 0.25) is 0 Å². The maximum absolute atomic E-state index is 4.14. The summed E-state index contributed by atoms with van der Waals surface area (Å²) < 4.78 is 0. The number of hydrogen-bond donors (Lipinski definition) is 0. The fourth-order valence-corrected chi connectivity index (χ4v) is 2.34. The lowest BCUT2D eigenvalue weighted by Gasteiger charge is -2.18. The molecule has 0 saturated carbocycles. The Morgan fingerprint density at radius 1 is 0.542 bits per heavy atom. The Balaban J connectivity index is 1.99. The van der Waals surface area contributed by atoms with Crippen LogP contribution in [0, 0.1) is 0 Å². The number of hydrogen-bond acceptors (Lipinski definition) is 2. The van der Waals surface area contributed by atoms with Crippen molar-refractivity contribution in [2.45, 2.75) is 52.4 Å². The molecule has 2 aromatic rings. The van der Waals surface area contributed by atoms with Crippen molar-refractivity contribution in [1.29, 1.82) is 0 Å². The summed E-state index contributed by atoms with van der Waals surface area (Å²) in [5, 5.41) is 8.29. The predicted molar refractivity (Wildman–Crippen MR) is 105 cm³/mol. The quantitative estimate of drug-likeness (QED) is 0.509. The van der Waals surface area contributed by atoms with Gasteiger partial charge in [-0.15, -0.1) is 0 Å². The lowest BCUT2D eigenvalue weighted by atomic mass is 9.87. The molecule has 0 aliphatic carbocycles. The van der Waals surface area contributed by atoms with Crippen LogP contribution < -0.4 is 0 Å². The first kappa shape index (κ1) is 18.1. The van der Waals surface area contributed by atoms with Crippen LogP contribution in [0.1, 0.15) is 63.8 Å². The van der Waals surface area contributed by atoms with Gasteiger partial charge in [-0.2, -0.15) is 10.2 Å². The molecule has 24 heavy (non-hydrogen) atoms. The molecule has 0 spiro atoms. The van der Waals surface area contributed by atoms with E-state index in [9.17, 15) is 0 Å². The second kappa shape index (κ2) is 7.12. The SMILES string of the molecule is CC(C)(C)c1ccc(/C=N/N=C/c2ccc(C(C)(C)C)cc2)cc1. The first-order valence-corrected chi connectivity index (χ1v) is 8.44. The number of benzene rings is 2. The third kappa shape index (κ3) is 5.16. The summed E-state index contributed by atoms with van der Waals surface area (Å²) in [6, 6.07) is 16.9. The molecule has 0 unspecified atom stereocenters. The summed E-state index contributed by atoms with van der Waals surface area (Å²) in [5.41, 5.74) is 5.11. The van der Waals surface area contributed by atoms with Crippen LogP contribution in [0.25, 0.3) is 0 Å². The molecule has 0 bridgehead atoms. The second-order valence-corrected chi connectivity index (χ2v) is 8.23. The van der Waals surface area contributed by atoms with Gasteiger partial charge in [0.2, 0.25) is 0 Å². The molecule has 2 rings (SSSR count). The Morgan fingerprint density at radius 2 is 0.833 bits per heavy atom. The topological polar surface area (TPSA) is 24.7 Å². The minimum Gasteiger partial charge on any atom is -0.159 e. The molecule has 0 radical (unpaired) electrons. The van der Waals surface area contributed by atoms with E-state index in [1.54, 1.807) is 12.4 Å². The zero-order valence-electron chi connectivity index (χ0n) is 15.7. The lowest BCUT2D eigenvalue weighted by molar-refractivity contribution is 0.590. The van der Waals surface area contributed by atoms with E-state index >= 15 is 0 Å². The normalized spacial score (nSPS) is 13.1. The van der Waals surface area contributed by atoms with Crippen molar-refractivity contribution in [2.24, 2.45) is 10.2 Å². The van der Waals surface area contributed by atoms with Gasteiger partial charge in [-0.3, -0.25) is 0 Å². The predicted octanol–water partition coefficient (Wildman–Crippen LogP) is 5.73. The van der Waals surface area contributed by atoms with Gasteiger partial charge in [0.05, 0.1) is 12.4 Å². The summed E-state index contributed by atoms with van der Waals surface area (Å²) in [6.07, 6.45) is 3.57. The standard InChI is InChI=1S/C22H28N2/c1-21(2,3)19-11-7-17(8-12-19)15-23-24-16-18-9-13-20(14-10-18)22(4,5)6/h7-16H,1-6H3/b23-15+,24-16+. The molecule has 0 atom stereocenters. The maximum Gasteiger partial charge on any atom is 0.0568 e. The second-order valence-electron chi connectivity index (χ2n) is 8.23. The third-order valence-corrected chi connectivity index (χ3v) is 4.03. The minimum absolute atomic E-state index is 0.174. The summed E-state index contributed by atoms with van der Waals surface area (Å²) in [6.45, 7) is 13.3. The molecule has 0 aliphatic heterocycles. The number of rotatable bonds is 3. The van der Waals surface area contributed by atoms with E-state index in [-0.39, 0.29) is 10.8 Å². The van der Waals surface area contributed by atoms with Crippen molar-refractivity contribution >= 4 is 12.4 Å². The third-order valence-electron chi connectivity index (χ3n) is 4.03. The van der Waals surface area contributed by atoms with Gasteiger partial charge in [-0.05, 0) is 33.1 Å². The van der Waals surface area contributed by atoms with Crippen LogP contribution in [0.4, 0.5) is 0 Å². The number of nitrogens with zero attached hydrogens (tertiary/aromatic N) is 2. The average molecular weight is 320 g/mol. The van der Waals surface area contributed by atoms with Crippen LogP contribution in [0.15, 0.2) is 58.7 Å². The van der Waals surface area contributed by atoms with Crippen molar-refractivity contribution in [3.63, 3.8) is 0 Å².